The summed E-state index contributed by atoms with van der Waals surface area (Å²) >= 11 is 7.34. The Labute approximate surface area is 266 Å². The summed E-state index contributed by atoms with van der Waals surface area (Å²) < 4.78 is 12.9. The first kappa shape index (κ1) is 33.5. The molecule has 10 heteroatoms. The maximum atomic E-state index is 13.4. The number of halogens is 1. The van der Waals surface area contributed by atoms with E-state index in [9.17, 15) is 9.90 Å². The Morgan fingerprint density at radius 1 is 1.07 bits per heavy atom. The number of aromatic nitrogens is 1. The maximum Gasteiger partial charge on any atom is 0.267 e. The number of carbonyl (C=O) groups excluding carboxylic acids is 1. The van der Waals surface area contributed by atoms with Gasteiger partial charge in [-0.15, -0.1) is 11.3 Å². The molecule has 1 fully saturated rings. The molecule has 1 aliphatic heterocycles. The lowest BCUT2D eigenvalue weighted by atomic mass is 10.1. The van der Waals surface area contributed by atoms with E-state index in [0.717, 1.165) is 37.2 Å². The number of thiazole rings is 1. The molecule has 0 bridgehead atoms. The van der Waals surface area contributed by atoms with E-state index in [1.54, 1.807) is 19.2 Å². The van der Waals surface area contributed by atoms with Crippen molar-refractivity contribution in [2.24, 2.45) is 0 Å². The van der Waals surface area contributed by atoms with Gasteiger partial charge in [-0.3, -0.25) is 4.79 Å². The highest BCUT2D eigenvalue weighted by Crippen LogP contribution is 2.44. The molecule has 7 nitrogen and oxygen atoms in total. The molecule has 2 heterocycles. The molecule has 2 aromatic carbocycles. The number of hydrogen-bond acceptors (Lipinski definition) is 7. The number of nitrogens with zero attached hydrogens (tertiary/aromatic N) is 2. The van der Waals surface area contributed by atoms with E-state index in [2.05, 4.69) is 56.7 Å². The molecular formula is C33H46ClN3O4SSi. The average molecular weight is 644 g/mol. The third-order valence-corrected chi connectivity index (χ3v) is 16.2. The molecular weight excluding hydrogens is 598 g/mol. The molecule has 0 unspecified atom stereocenters. The zero-order valence-corrected chi connectivity index (χ0v) is 29.0. The molecule has 43 heavy (non-hydrogen) atoms. The largest absolute Gasteiger partial charge is 0.495 e. The fourth-order valence-corrected chi connectivity index (χ4v) is 13.4. The fraction of sp³-hybridized carbons (Fsp3) is 0.515. The monoisotopic (exact) mass is 643 g/mol. The molecule has 0 aliphatic carbocycles. The molecule has 0 radical (unpaired) electrons. The summed E-state index contributed by atoms with van der Waals surface area (Å²) in [7, 11) is -0.259. The molecule has 0 spiro atoms. The second-order valence-electron chi connectivity index (χ2n) is 12.2. The zero-order chi connectivity index (χ0) is 31.3. The van der Waals surface area contributed by atoms with Gasteiger partial charge < -0.3 is 24.5 Å². The Balaban J connectivity index is 1.46. The van der Waals surface area contributed by atoms with Gasteiger partial charge >= 0.3 is 0 Å². The van der Waals surface area contributed by atoms with Gasteiger partial charge in [0.05, 0.1) is 18.5 Å². The number of carbonyl (C=O) groups is 1. The zero-order valence-electron chi connectivity index (χ0n) is 26.4. The van der Waals surface area contributed by atoms with Crippen molar-refractivity contribution in [1.29, 1.82) is 0 Å². The predicted molar refractivity (Wildman–Crippen MR) is 182 cm³/mol. The van der Waals surface area contributed by atoms with Gasteiger partial charge in [0.2, 0.25) is 8.32 Å². The lowest BCUT2D eigenvalue weighted by Crippen LogP contribution is -2.52. The van der Waals surface area contributed by atoms with E-state index in [4.69, 9.17) is 20.8 Å². The standard InChI is InChI=1S/C33H46ClN3O4SSi/c1-21(2)43(22(3)4,23(5)6)41-27-14-17-37(18-15-27)29-13-12-26(20-30(29)40-7)35-32(39)31-28(16-19-38)36-33(42-31)24-8-10-25(34)11-9-24/h8-13,20-23,27,38H,14-19H2,1-7H3,(H,35,39). The van der Waals surface area contributed by atoms with Gasteiger partial charge in [0, 0.05) is 54.6 Å². The highest BCUT2D eigenvalue weighted by atomic mass is 35.5. The number of amides is 1. The number of aliphatic hydroxyl groups is 1. The molecule has 4 rings (SSSR count). The summed E-state index contributed by atoms with van der Waals surface area (Å²) in [5.41, 5.74) is 4.82. The minimum atomic E-state index is -1.92. The number of methoxy groups -OCH3 is 1. The maximum absolute atomic E-state index is 13.4. The number of piperidine rings is 1. The van der Waals surface area contributed by atoms with Gasteiger partial charge in [0.1, 0.15) is 15.6 Å². The number of benzene rings is 2. The number of rotatable bonds is 12. The van der Waals surface area contributed by atoms with E-state index >= 15 is 0 Å². The van der Waals surface area contributed by atoms with Gasteiger partial charge in [-0.05, 0) is 53.7 Å². The van der Waals surface area contributed by atoms with E-state index in [0.29, 0.717) is 55.1 Å². The van der Waals surface area contributed by atoms with Gasteiger partial charge in [0.25, 0.3) is 5.91 Å². The van der Waals surface area contributed by atoms with Crippen LogP contribution >= 0.6 is 22.9 Å². The van der Waals surface area contributed by atoms with E-state index in [1.807, 2.05) is 30.3 Å². The first-order valence-electron chi connectivity index (χ1n) is 15.3. The molecule has 3 aromatic rings. The normalized spacial score (nSPS) is 14.7. The summed E-state index contributed by atoms with van der Waals surface area (Å²) in [6, 6.07) is 13.2. The topological polar surface area (TPSA) is 83.9 Å². The first-order chi connectivity index (χ1) is 20.5. The van der Waals surface area contributed by atoms with Crippen LogP contribution in [-0.2, 0) is 10.8 Å². The van der Waals surface area contributed by atoms with Crippen LogP contribution in [0.4, 0.5) is 11.4 Å². The molecule has 1 aromatic heterocycles. The van der Waals surface area contributed by atoms with Crippen molar-refractivity contribution in [3.63, 3.8) is 0 Å². The molecule has 0 atom stereocenters. The van der Waals surface area contributed by atoms with Crippen molar-refractivity contribution in [3.8, 4) is 16.3 Å². The van der Waals surface area contributed by atoms with Crippen LogP contribution in [0.3, 0.4) is 0 Å². The fourth-order valence-electron chi connectivity index (χ4n) is 6.64. The minimum absolute atomic E-state index is 0.0933. The Kier molecular flexibility index (Phi) is 11.3. The molecule has 1 aliphatic rings. The SMILES string of the molecule is COc1cc(NC(=O)c2sc(-c3ccc(Cl)cc3)nc2CCO)ccc1N1CCC(O[Si](C(C)C)(C(C)C)C(C)C)CC1. The van der Waals surface area contributed by atoms with E-state index in [-0.39, 0.29) is 18.6 Å². The number of nitrogens with one attached hydrogen (secondary N) is 1. The predicted octanol–water partition coefficient (Wildman–Crippen LogP) is 8.42. The smallest absolute Gasteiger partial charge is 0.267 e. The number of ether oxygens (including phenoxy) is 1. The van der Waals surface area contributed by atoms with Gasteiger partial charge in [-0.2, -0.15) is 0 Å². The average Bonchev–Trinajstić information content (AvgIpc) is 3.40. The first-order valence-corrected chi connectivity index (χ1v) is 18.6. The number of aliphatic hydroxyl groups excluding tert-OH is 1. The second kappa shape index (κ2) is 14.6. The van der Waals surface area contributed by atoms with Crippen molar-refractivity contribution >= 4 is 48.5 Å². The molecule has 1 saturated heterocycles. The van der Waals surface area contributed by atoms with Crippen molar-refractivity contribution in [2.75, 3.05) is 37.0 Å². The van der Waals surface area contributed by atoms with Crippen LogP contribution in [0.1, 0.15) is 69.7 Å². The Morgan fingerprint density at radius 2 is 1.70 bits per heavy atom. The highest BCUT2D eigenvalue weighted by molar-refractivity contribution is 7.17. The Hall–Kier alpha value is -2.43. The number of anilines is 2. The van der Waals surface area contributed by atoms with Crippen molar-refractivity contribution < 1.29 is 19.1 Å². The minimum Gasteiger partial charge on any atom is -0.495 e. The van der Waals surface area contributed by atoms with Crippen molar-refractivity contribution in [1.82, 2.24) is 4.98 Å². The second-order valence-corrected chi connectivity index (χ2v) is 19.1. The Morgan fingerprint density at radius 3 is 2.26 bits per heavy atom. The van der Waals surface area contributed by atoms with Crippen molar-refractivity contribution in [2.45, 2.75) is 83.5 Å². The summed E-state index contributed by atoms with van der Waals surface area (Å²) in [6.07, 6.45) is 2.55. The van der Waals surface area contributed by atoms with Gasteiger partial charge in [-0.1, -0.05) is 65.3 Å². The molecule has 1 amide bonds. The summed E-state index contributed by atoms with van der Waals surface area (Å²) in [4.78, 5) is 20.9. The molecule has 2 N–H and O–H groups in total. The third kappa shape index (κ3) is 7.45. The van der Waals surface area contributed by atoms with Crippen LogP contribution < -0.4 is 15.0 Å². The van der Waals surface area contributed by atoms with Crippen LogP contribution in [0, 0.1) is 0 Å². The van der Waals surface area contributed by atoms with E-state index in [1.165, 1.54) is 11.3 Å². The van der Waals surface area contributed by atoms with E-state index < -0.39 is 8.32 Å². The van der Waals surface area contributed by atoms with Crippen LogP contribution in [-0.4, -0.2) is 57.2 Å². The summed E-state index contributed by atoms with van der Waals surface area (Å²) in [5.74, 6) is 0.455. The number of hydrogen-bond donors (Lipinski definition) is 2. The quantitative estimate of drug-likeness (QED) is 0.193. The van der Waals surface area contributed by atoms with Crippen LogP contribution in [0.2, 0.25) is 21.6 Å². The summed E-state index contributed by atoms with van der Waals surface area (Å²) in [6.45, 7) is 15.7. The highest BCUT2D eigenvalue weighted by Gasteiger charge is 2.46. The lowest BCUT2D eigenvalue weighted by Gasteiger charge is -2.46. The van der Waals surface area contributed by atoms with Crippen molar-refractivity contribution in [3.05, 3.63) is 58.1 Å². The van der Waals surface area contributed by atoms with Gasteiger partial charge in [0.15, 0.2) is 0 Å². The third-order valence-electron chi connectivity index (χ3n) is 8.64. The lowest BCUT2D eigenvalue weighted by molar-refractivity contribution is 0.102. The summed E-state index contributed by atoms with van der Waals surface area (Å²) in [5, 5.41) is 13.9. The van der Waals surface area contributed by atoms with Gasteiger partial charge in [-0.25, -0.2) is 4.98 Å². The molecule has 234 valence electrons. The van der Waals surface area contributed by atoms with Crippen LogP contribution in [0.15, 0.2) is 42.5 Å². The van der Waals surface area contributed by atoms with Crippen LogP contribution in [0.25, 0.3) is 10.6 Å². The Bertz CT molecular complexity index is 1350. The molecule has 0 saturated carbocycles. The van der Waals surface area contributed by atoms with Crippen LogP contribution in [0.5, 0.6) is 5.75 Å².